The molecule has 4 nitrogen and oxygen atoms in total. The lowest BCUT2D eigenvalue weighted by molar-refractivity contribution is -0.121. The highest BCUT2D eigenvalue weighted by Gasteiger charge is 2.20. The molecule has 0 radical (unpaired) electrons. The Morgan fingerprint density at radius 3 is 2.29 bits per heavy atom. The number of carbonyl (C=O) groups excluding carboxylic acids is 1. The summed E-state index contributed by atoms with van der Waals surface area (Å²) >= 11 is 0. The lowest BCUT2D eigenvalue weighted by atomic mass is 10.0. The predicted molar refractivity (Wildman–Crippen MR) is 56.7 cm³/mol. The van der Waals surface area contributed by atoms with Crippen molar-refractivity contribution in [3.05, 3.63) is 0 Å². The predicted octanol–water partition coefficient (Wildman–Crippen LogP) is 0.247. The first-order valence-corrected chi connectivity index (χ1v) is 4.99. The summed E-state index contributed by atoms with van der Waals surface area (Å²) in [6.45, 7) is 7.95. The lowest BCUT2D eigenvalue weighted by Crippen LogP contribution is -2.46. The van der Waals surface area contributed by atoms with Crippen LogP contribution in [0.3, 0.4) is 0 Å². The Balaban J connectivity index is 3.90. The van der Waals surface area contributed by atoms with Crippen LogP contribution < -0.4 is 11.1 Å². The summed E-state index contributed by atoms with van der Waals surface area (Å²) in [6.07, 6.45) is 0.601. The van der Waals surface area contributed by atoms with Gasteiger partial charge in [0.05, 0.1) is 11.6 Å². The molecular weight excluding hydrogens is 180 g/mol. The molecule has 0 aliphatic heterocycles. The molecule has 0 spiro atoms. The van der Waals surface area contributed by atoms with Crippen molar-refractivity contribution in [2.75, 3.05) is 6.54 Å². The van der Waals surface area contributed by atoms with Crippen molar-refractivity contribution in [2.24, 2.45) is 11.7 Å². The lowest BCUT2D eigenvalue weighted by Gasteiger charge is -2.22. The molecule has 4 heteroatoms. The summed E-state index contributed by atoms with van der Waals surface area (Å²) in [5.41, 5.74) is 4.52. The molecule has 0 fully saturated rings. The monoisotopic (exact) mass is 202 g/mol. The van der Waals surface area contributed by atoms with Crippen molar-refractivity contribution < 1.29 is 9.90 Å². The van der Waals surface area contributed by atoms with E-state index >= 15 is 0 Å². The average Bonchev–Trinajstić information content (AvgIpc) is 1.94. The van der Waals surface area contributed by atoms with Gasteiger partial charge in [0.25, 0.3) is 0 Å². The Labute approximate surface area is 85.9 Å². The fourth-order valence-electron chi connectivity index (χ4n) is 1.20. The number of carbonyl (C=O) groups is 1. The molecule has 14 heavy (non-hydrogen) atoms. The number of amides is 1. The zero-order valence-electron chi connectivity index (χ0n) is 9.50. The Kier molecular flexibility index (Phi) is 5.08. The molecule has 0 saturated heterocycles. The Morgan fingerprint density at radius 2 is 2.00 bits per heavy atom. The van der Waals surface area contributed by atoms with Crippen LogP contribution >= 0.6 is 0 Å². The number of hydrogen-bond donors (Lipinski definition) is 3. The van der Waals surface area contributed by atoms with Crippen molar-refractivity contribution in [2.45, 2.75) is 45.8 Å². The van der Waals surface area contributed by atoms with Gasteiger partial charge in [0.2, 0.25) is 5.91 Å². The highest BCUT2D eigenvalue weighted by Crippen LogP contribution is 2.07. The standard InChI is InChI=1S/C10H22N2O2/c1-7(2)8(9(11)13)12-6-5-10(3,4)14/h7-8,12,14H,5-6H2,1-4H3,(H2,11,13). The van der Waals surface area contributed by atoms with Crippen LogP contribution in [0.2, 0.25) is 0 Å². The molecule has 0 rings (SSSR count). The SMILES string of the molecule is CC(C)C(NCCC(C)(C)O)C(N)=O. The van der Waals surface area contributed by atoms with Crippen LogP contribution in [-0.2, 0) is 4.79 Å². The van der Waals surface area contributed by atoms with Crippen LogP contribution in [0, 0.1) is 5.92 Å². The maximum absolute atomic E-state index is 11.0. The van der Waals surface area contributed by atoms with E-state index in [-0.39, 0.29) is 17.9 Å². The highest BCUT2D eigenvalue weighted by molar-refractivity contribution is 5.80. The van der Waals surface area contributed by atoms with Crippen molar-refractivity contribution in [3.8, 4) is 0 Å². The Morgan fingerprint density at radius 1 is 1.50 bits per heavy atom. The van der Waals surface area contributed by atoms with E-state index in [4.69, 9.17) is 5.73 Å². The summed E-state index contributed by atoms with van der Waals surface area (Å²) < 4.78 is 0. The summed E-state index contributed by atoms with van der Waals surface area (Å²) in [5.74, 6) is -0.162. The molecule has 0 aromatic rings. The van der Waals surface area contributed by atoms with Crippen molar-refractivity contribution in [3.63, 3.8) is 0 Å². The third-order valence-electron chi connectivity index (χ3n) is 2.07. The van der Waals surface area contributed by atoms with Gasteiger partial charge in [-0.25, -0.2) is 0 Å². The molecule has 0 aliphatic rings. The molecule has 0 bridgehead atoms. The average molecular weight is 202 g/mol. The molecule has 4 N–H and O–H groups in total. The van der Waals surface area contributed by atoms with Crippen LogP contribution in [0.25, 0.3) is 0 Å². The maximum atomic E-state index is 11.0. The summed E-state index contributed by atoms with van der Waals surface area (Å²) in [6, 6.07) is -0.308. The Bertz CT molecular complexity index is 185. The van der Waals surface area contributed by atoms with Crippen LogP contribution in [0.4, 0.5) is 0 Å². The normalized spacial score (nSPS) is 14.4. The number of nitrogens with two attached hydrogens (primary N) is 1. The van der Waals surface area contributed by atoms with Crippen molar-refractivity contribution in [1.82, 2.24) is 5.32 Å². The van der Waals surface area contributed by atoms with E-state index in [1.165, 1.54) is 0 Å². The van der Waals surface area contributed by atoms with Crippen molar-refractivity contribution >= 4 is 5.91 Å². The molecule has 0 aromatic carbocycles. The van der Waals surface area contributed by atoms with Crippen LogP contribution in [0.5, 0.6) is 0 Å². The summed E-state index contributed by atoms with van der Waals surface area (Å²) in [7, 11) is 0. The van der Waals surface area contributed by atoms with Gasteiger partial charge in [-0.05, 0) is 32.7 Å². The molecule has 1 amide bonds. The first-order chi connectivity index (χ1) is 6.24. The summed E-state index contributed by atoms with van der Waals surface area (Å²) in [4.78, 5) is 11.0. The molecular formula is C10H22N2O2. The number of aliphatic hydroxyl groups is 1. The van der Waals surface area contributed by atoms with Gasteiger partial charge < -0.3 is 16.2 Å². The van der Waals surface area contributed by atoms with Gasteiger partial charge in [0.1, 0.15) is 0 Å². The van der Waals surface area contributed by atoms with E-state index in [0.29, 0.717) is 13.0 Å². The number of nitrogens with one attached hydrogen (secondary N) is 1. The van der Waals surface area contributed by atoms with E-state index in [9.17, 15) is 9.90 Å². The van der Waals surface area contributed by atoms with E-state index < -0.39 is 5.60 Å². The Hall–Kier alpha value is -0.610. The smallest absolute Gasteiger partial charge is 0.234 e. The van der Waals surface area contributed by atoms with Crippen LogP contribution in [0.1, 0.15) is 34.1 Å². The molecule has 0 heterocycles. The highest BCUT2D eigenvalue weighted by atomic mass is 16.3. The second-order valence-corrected chi connectivity index (χ2v) is 4.64. The van der Waals surface area contributed by atoms with Crippen LogP contribution in [-0.4, -0.2) is 29.2 Å². The fraction of sp³-hybridized carbons (Fsp3) is 0.900. The third-order valence-corrected chi connectivity index (χ3v) is 2.07. The van der Waals surface area contributed by atoms with Gasteiger partial charge >= 0.3 is 0 Å². The molecule has 0 aliphatic carbocycles. The molecule has 1 unspecified atom stereocenters. The zero-order chi connectivity index (χ0) is 11.4. The van der Waals surface area contributed by atoms with E-state index in [1.807, 2.05) is 13.8 Å². The van der Waals surface area contributed by atoms with Gasteiger partial charge in [-0.15, -0.1) is 0 Å². The summed E-state index contributed by atoms with van der Waals surface area (Å²) in [5, 5.41) is 12.5. The molecule has 1 atom stereocenters. The molecule has 0 aromatic heterocycles. The largest absolute Gasteiger partial charge is 0.390 e. The second kappa shape index (κ2) is 5.32. The number of rotatable bonds is 6. The number of hydrogen-bond acceptors (Lipinski definition) is 3. The zero-order valence-corrected chi connectivity index (χ0v) is 9.50. The topological polar surface area (TPSA) is 75.3 Å². The minimum Gasteiger partial charge on any atom is -0.390 e. The molecule has 0 saturated carbocycles. The first-order valence-electron chi connectivity index (χ1n) is 4.99. The van der Waals surface area contributed by atoms with E-state index in [0.717, 1.165) is 0 Å². The minimum absolute atomic E-state index is 0.175. The minimum atomic E-state index is -0.702. The van der Waals surface area contributed by atoms with E-state index in [1.54, 1.807) is 13.8 Å². The third kappa shape index (κ3) is 5.94. The van der Waals surface area contributed by atoms with Crippen molar-refractivity contribution in [1.29, 1.82) is 0 Å². The first kappa shape index (κ1) is 13.4. The quantitative estimate of drug-likeness (QED) is 0.578. The van der Waals surface area contributed by atoms with E-state index in [2.05, 4.69) is 5.32 Å². The van der Waals surface area contributed by atoms with Gasteiger partial charge in [-0.2, -0.15) is 0 Å². The maximum Gasteiger partial charge on any atom is 0.234 e. The number of primary amides is 1. The van der Waals surface area contributed by atoms with Gasteiger partial charge in [0.15, 0.2) is 0 Å². The molecule has 84 valence electrons. The van der Waals surface area contributed by atoms with Gasteiger partial charge in [-0.1, -0.05) is 13.8 Å². The fourth-order valence-corrected chi connectivity index (χ4v) is 1.20. The van der Waals surface area contributed by atoms with Gasteiger partial charge in [0, 0.05) is 0 Å². The van der Waals surface area contributed by atoms with Gasteiger partial charge in [-0.3, -0.25) is 4.79 Å². The van der Waals surface area contributed by atoms with Crippen LogP contribution in [0.15, 0.2) is 0 Å². The second-order valence-electron chi connectivity index (χ2n) is 4.64.